The Morgan fingerprint density at radius 1 is 0.733 bits per heavy atom. The van der Waals surface area contributed by atoms with Gasteiger partial charge in [0.15, 0.2) is 0 Å². The molecule has 2 heterocycles. The van der Waals surface area contributed by atoms with Crippen LogP contribution in [0.4, 0.5) is 0 Å². The molecule has 236 valence electrons. The molecule has 0 spiro atoms. The van der Waals surface area contributed by atoms with Crippen LogP contribution in [0.25, 0.3) is 22.2 Å². The Morgan fingerprint density at radius 3 is 1.96 bits per heavy atom. The number of rotatable bonds is 9. The van der Waals surface area contributed by atoms with Crippen LogP contribution in [0.2, 0.25) is 0 Å². The van der Waals surface area contributed by atoms with Gasteiger partial charge in [0.1, 0.15) is 26.9 Å². The van der Waals surface area contributed by atoms with E-state index in [1.807, 2.05) is 35.7 Å². The molecule has 7 rings (SSSR count). The molecular formula is C37H44N4O2S2. The normalized spacial score (nSPS) is 18.8. The molecule has 0 unspecified atom stereocenters. The van der Waals surface area contributed by atoms with Crippen molar-refractivity contribution in [2.45, 2.75) is 129 Å². The fraction of sp³-hybridized carbons (Fsp3) is 0.514. The number of carboxylic acid groups (broad SMARTS) is 1. The minimum absolute atomic E-state index is 0.330. The molecule has 0 saturated heterocycles. The highest BCUT2D eigenvalue weighted by Crippen LogP contribution is 2.43. The molecule has 0 atom stereocenters. The summed E-state index contributed by atoms with van der Waals surface area (Å²) in [5.41, 5.74) is 5.43. The van der Waals surface area contributed by atoms with E-state index in [4.69, 9.17) is 15.2 Å². The zero-order valence-corrected chi connectivity index (χ0v) is 27.8. The van der Waals surface area contributed by atoms with Crippen molar-refractivity contribution in [1.82, 2.24) is 19.7 Å². The molecule has 2 aromatic carbocycles. The monoisotopic (exact) mass is 640 g/mol. The maximum atomic E-state index is 11.9. The molecule has 2 aromatic heterocycles. The lowest BCUT2D eigenvalue weighted by molar-refractivity contribution is 0.0697. The third-order valence-corrected chi connectivity index (χ3v) is 12.6. The zero-order valence-electron chi connectivity index (χ0n) is 26.1. The number of aromatic carboxylic acids is 1. The molecular weight excluding hydrogens is 597 g/mol. The van der Waals surface area contributed by atoms with Gasteiger partial charge in [0.2, 0.25) is 0 Å². The van der Waals surface area contributed by atoms with E-state index in [-0.39, 0.29) is 0 Å². The van der Waals surface area contributed by atoms with Crippen LogP contribution in [-0.4, -0.2) is 41.3 Å². The van der Waals surface area contributed by atoms with E-state index in [9.17, 15) is 9.90 Å². The molecule has 3 saturated carbocycles. The molecule has 6 nitrogen and oxygen atoms in total. The summed E-state index contributed by atoms with van der Waals surface area (Å²) < 4.78 is 2.50. The summed E-state index contributed by atoms with van der Waals surface area (Å²) in [6, 6.07) is 15.7. The average molecular weight is 641 g/mol. The van der Waals surface area contributed by atoms with E-state index in [0.717, 1.165) is 33.2 Å². The Bertz CT molecular complexity index is 1620. The van der Waals surface area contributed by atoms with Gasteiger partial charge in [0.25, 0.3) is 0 Å². The van der Waals surface area contributed by atoms with Gasteiger partial charge in [-0.05, 0) is 61.3 Å². The zero-order chi connectivity index (χ0) is 30.6. The van der Waals surface area contributed by atoms with Gasteiger partial charge in [0.05, 0.1) is 5.56 Å². The summed E-state index contributed by atoms with van der Waals surface area (Å²) in [6.45, 7) is 0.723. The van der Waals surface area contributed by atoms with E-state index in [0.29, 0.717) is 22.0 Å². The molecule has 0 amide bonds. The van der Waals surface area contributed by atoms with Crippen LogP contribution < -0.4 is 0 Å². The van der Waals surface area contributed by atoms with Gasteiger partial charge in [-0.1, -0.05) is 124 Å². The van der Waals surface area contributed by atoms with E-state index in [1.165, 1.54) is 113 Å². The van der Waals surface area contributed by atoms with Crippen LogP contribution in [-0.2, 0) is 6.54 Å². The maximum Gasteiger partial charge on any atom is 0.336 e. The van der Waals surface area contributed by atoms with Crippen LogP contribution in [0.3, 0.4) is 0 Å². The molecule has 0 aliphatic heterocycles. The maximum absolute atomic E-state index is 11.9. The number of carboxylic acids is 1. The van der Waals surface area contributed by atoms with Gasteiger partial charge >= 0.3 is 5.97 Å². The fourth-order valence-corrected chi connectivity index (χ4v) is 10.1. The topological polar surface area (TPSA) is 80.9 Å². The Hall–Kier alpha value is -2.84. The molecule has 3 aliphatic rings. The first-order valence-electron chi connectivity index (χ1n) is 17.2. The number of nitrogens with zero attached hydrogens (tertiary/aromatic N) is 4. The van der Waals surface area contributed by atoms with Crippen LogP contribution in [0, 0.1) is 0 Å². The molecule has 0 radical (unpaired) electrons. The fourth-order valence-electron chi connectivity index (χ4n) is 7.59. The molecule has 3 fully saturated rings. The molecule has 4 aromatic rings. The summed E-state index contributed by atoms with van der Waals surface area (Å²) in [5.74, 6) is 0.756. The van der Waals surface area contributed by atoms with Gasteiger partial charge in [-0.15, -0.1) is 10.2 Å². The third-order valence-electron chi connectivity index (χ3n) is 10.0. The molecule has 45 heavy (non-hydrogen) atoms. The van der Waals surface area contributed by atoms with Gasteiger partial charge in [-0.3, -0.25) is 0 Å². The minimum Gasteiger partial charge on any atom is -0.478 e. The van der Waals surface area contributed by atoms with Crippen LogP contribution in [0.5, 0.6) is 0 Å². The number of hydrogen-bond donors (Lipinski definition) is 1. The number of fused-ring (bicyclic) bond motifs is 1. The Kier molecular flexibility index (Phi) is 9.78. The van der Waals surface area contributed by atoms with Gasteiger partial charge in [-0.25, -0.2) is 9.78 Å². The van der Waals surface area contributed by atoms with Crippen molar-refractivity contribution < 1.29 is 9.90 Å². The predicted molar refractivity (Wildman–Crippen MR) is 185 cm³/mol. The largest absolute Gasteiger partial charge is 0.478 e. The lowest BCUT2D eigenvalue weighted by Gasteiger charge is -2.23. The van der Waals surface area contributed by atoms with Crippen molar-refractivity contribution in [3.8, 4) is 11.1 Å². The van der Waals surface area contributed by atoms with Crippen LogP contribution >= 0.6 is 23.5 Å². The third kappa shape index (κ3) is 6.97. The number of benzene rings is 2. The van der Waals surface area contributed by atoms with Crippen molar-refractivity contribution in [1.29, 1.82) is 0 Å². The molecule has 3 aliphatic carbocycles. The van der Waals surface area contributed by atoms with Gasteiger partial charge in [-0.2, -0.15) is 0 Å². The summed E-state index contributed by atoms with van der Waals surface area (Å²) in [7, 11) is 0. The summed E-state index contributed by atoms with van der Waals surface area (Å²) >= 11 is 3.86. The van der Waals surface area contributed by atoms with Crippen molar-refractivity contribution in [2.24, 2.45) is 0 Å². The smallest absolute Gasteiger partial charge is 0.336 e. The highest BCUT2D eigenvalue weighted by molar-refractivity contribution is 8.00. The van der Waals surface area contributed by atoms with E-state index >= 15 is 0 Å². The van der Waals surface area contributed by atoms with Crippen molar-refractivity contribution in [3.63, 3.8) is 0 Å². The van der Waals surface area contributed by atoms with Crippen molar-refractivity contribution >= 4 is 40.5 Å². The first kappa shape index (κ1) is 30.8. The number of imidazole rings is 1. The lowest BCUT2D eigenvalue weighted by atomic mass is 9.88. The second-order valence-electron chi connectivity index (χ2n) is 13.2. The average Bonchev–Trinajstić information content (AvgIpc) is 3.47. The second-order valence-corrected chi connectivity index (χ2v) is 15.8. The van der Waals surface area contributed by atoms with Gasteiger partial charge < -0.3 is 9.67 Å². The lowest BCUT2D eigenvalue weighted by Crippen LogP contribution is -2.14. The first-order chi connectivity index (χ1) is 22.1. The molecule has 8 heteroatoms. The number of carbonyl (C=O) groups is 1. The number of thioether (sulfide) groups is 2. The van der Waals surface area contributed by atoms with Crippen LogP contribution in [0.15, 0.2) is 58.6 Å². The second kappa shape index (κ2) is 14.3. The summed E-state index contributed by atoms with van der Waals surface area (Å²) in [5, 5.41) is 22.9. The predicted octanol–water partition coefficient (Wildman–Crippen LogP) is 10.1. The van der Waals surface area contributed by atoms with E-state index < -0.39 is 5.97 Å². The van der Waals surface area contributed by atoms with E-state index in [2.05, 4.69) is 28.8 Å². The van der Waals surface area contributed by atoms with Crippen LogP contribution in [0.1, 0.15) is 124 Å². The Labute approximate surface area is 275 Å². The van der Waals surface area contributed by atoms with Crippen molar-refractivity contribution in [2.75, 3.05) is 0 Å². The quantitative estimate of drug-likeness (QED) is 0.195. The highest BCUT2D eigenvalue weighted by Gasteiger charge is 2.29. The summed E-state index contributed by atoms with van der Waals surface area (Å²) in [4.78, 5) is 17.4. The number of aromatic nitrogens is 4. The summed E-state index contributed by atoms with van der Waals surface area (Å²) in [6.07, 6.45) is 19.1. The SMILES string of the molecule is O=C(O)c1ccccc1-c1ccc(Cn2c(C3CCCCC3)nc3c(SC4CCCCC4)nnc(SC4CCCCC4)c32)cc1. The minimum atomic E-state index is -0.900. The van der Waals surface area contributed by atoms with E-state index in [1.54, 1.807) is 12.1 Å². The highest BCUT2D eigenvalue weighted by atomic mass is 32.2. The van der Waals surface area contributed by atoms with Gasteiger partial charge in [0, 0.05) is 23.0 Å². The van der Waals surface area contributed by atoms with Crippen molar-refractivity contribution in [3.05, 3.63) is 65.5 Å². The Morgan fingerprint density at radius 2 is 1.31 bits per heavy atom. The standard InChI is InChI=1S/C37H44N4O2S2/c42-37(43)31-19-11-10-18-30(31)26-22-20-25(21-23-26)24-41-33-32(38-34(41)27-12-4-1-5-13-27)35(44-28-14-6-2-7-15-28)39-40-36(33)45-29-16-8-3-9-17-29/h10-11,18-23,27-29H,1-9,12-17,24H2,(H,42,43). The Balaban J connectivity index is 1.30. The first-order valence-corrected chi connectivity index (χ1v) is 18.9. The molecule has 1 N–H and O–H groups in total. The molecule has 0 bridgehead atoms. The number of hydrogen-bond acceptors (Lipinski definition) is 6.